The average Bonchev–Trinajstić information content (AvgIpc) is 2.93. The van der Waals surface area contributed by atoms with Crippen molar-refractivity contribution in [2.24, 2.45) is 0 Å². The molecule has 2 aromatic rings. The van der Waals surface area contributed by atoms with Crippen molar-refractivity contribution in [2.75, 3.05) is 0 Å². The fourth-order valence-electron chi connectivity index (χ4n) is 1.65. The van der Waals surface area contributed by atoms with Gasteiger partial charge in [0.15, 0.2) is 5.82 Å². The normalized spacial score (nSPS) is 13.4. The third-order valence-electron chi connectivity index (χ3n) is 2.56. The molecular formula is C9H9F3N6O2. The molecule has 2 aromatic heterocycles. The van der Waals surface area contributed by atoms with Gasteiger partial charge in [0.2, 0.25) is 0 Å². The van der Waals surface area contributed by atoms with Crippen LogP contribution in [0.1, 0.15) is 18.8 Å². The molecule has 0 N–H and O–H groups in total. The van der Waals surface area contributed by atoms with Crippen LogP contribution in [0.25, 0.3) is 0 Å². The molecule has 0 saturated heterocycles. The first-order chi connectivity index (χ1) is 9.28. The molecule has 0 unspecified atom stereocenters. The molecule has 108 valence electrons. The Hall–Kier alpha value is -2.46. The highest BCUT2D eigenvalue weighted by Crippen LogP contribution is 2.22. The maximum Gasteiger partial charge on any atom is 0.406 e. The number of halogens is 3. The number of nitro groups is 1. The van der Waals surface area contributed by atoms with Gasteiger partial charge in [0.1, 0.15) is 31.3 Å². The van der Waals surface area contributed by atoms with E-state index in [-0.39, 0.29) is 11.5 Å². The monoisotopic (exact) mass is 290 g/mol. The number of nitrogens with zero attached hydrogens (tertiary/aromatic N) is 6. The summed E-state index contributed by atoms with van der Waals surface area (Å²) in [6, 6.07) is -0.714. The summed E-state index contributed by atoms with van der Waals surface area (Å²) >= 11 is 0. The first-order valence-corrected chi connectivity index (χ1v) is 5.41. The van der Waals surface area contributed by atoms with E-state index >= 15 is 0 Å². The molecule has 0 radical (unpaired) electrons. The highest BCUT2D eigenvalue weighted by molar-refractivity contribution is 5.21. The average molecular weight is 290 g/mol. The van der Waals surface area contributed by atoms with Crippen molar-refractivity contribution in [3.8, 4) is 0 Å². The van der Waals surface area contributed by atoms with Gasteiger partial charge in [0.25, 0.3) is 0 Å². The lowest BCUT2D eigenvalue weighted by atomic mass is 10.3. The van der Waals surface area contributed by atoms with Crippen LogP contribution in [0.15, 0.2) is 18.7 Å². The number of hydrogen-bond donors (Lipinski definition) is 0. The minimum Gasteiger partial charge on any atom is -0.307 e. The molecule has 1 atom stereocenters. The summed E-state index contributed by atoms with van der Waals surface area (Å²) in [6.07, 6.45) is -1.32. The molecule has 0 aromatic carbocycles. The van der Waals surface area contributed by atoms with Gasteiger partial charge in [-0.3, -0.25) is 14.8 Å². The van der Waals surface area contributed by atoms with Gasteiger partial charge in [-0.05, 0) is 6.92 Å². The predicted octanol–water partition coefficient (Wildman–Crippen LogP) is 1.55. The number of alkyl halides is 3. The summed E-state index contributed by atoms with van der Waals surface area (Å²) in [5.41, 5.74) is -0.251. The molecule has 11 heteroatoms. The SMILES string of the molecule is C[C@@H](c1nncn1CC(F)(F)F)n1cc([N+](=O)[O-])cn1. The zero-order valence-electron chi connectivity index (χ0n) is 10.2. The lowest BCUT2D eigenvalue weighted by molar-refractivity contribution is -0.385. The zero-order chi connectivity index (χ0) is 14.9. The molecule has 0 saturated carbocycles. The standard InChI is InChI=1S/C9H9F3N6O2/c1-6(17-3-7(2-14-17)18(19)20)8-15-13-5-16(8)4-9(10,11)12/h2-3,5-6H,4H2,1H3/t6-/m0/s1. The van der Waals surface area contributed by atoms with Crippen molar-refractivity contribution in [3.05, 3.63) is 34.7 Å². The smallest absolute Gasteiger partial charge is 0.307 e. The molecule has 0 amide bonds. The summed E-state index contributed by atoms with van der Waals surface area (Å²) in [4.78, 5) is 9.91. The Morgan fingerprint density at radius 3 is 2.75 bits per heavy atom. The van der Waals surface area contributed by atoms with E-state index in [2.05, 4.69) is 15.3 Å². The van der Waals surface area contributed by atoms with E-state index < -0.39 is 23.7 Å². The van der Waals surface area contributed by atoms with Crippen LogP contribution >= 0.6 is 0 Å². The molecule has 20 heavy (non-hydrogen) atoms. The van der Waals surface area contributed by atoms with E-state index in [4.69, 9.17) is 0 Å². The number of aromatic nitrogens is 5. The van der Waals surface area contributed by atoms with Gasteiger partial charge in [0.05, 0.1) is 4.92 Å². The zero-order valence-corrected chi connectivity index (χ0v) is 10.2. The van der Waals surface area contributed by atoms with Gasteiger partial charge in [0, 0.05) is 0 Å². The van der Waals surface area contributed by atoms with Crippen LogP contribution in [0.4, 0.5) is 18.9 Å². The Bertz CT molecular complexity index is 619. The second kappa shape index (κ2) is 4.90. The number of hydrogen-bond acceptors (Lipinski definition) is 5. The molecule has 2 heterocycles. The maximum absolute atomic E-state index is 12.4. The van der Waals surface area contributed by atoms with Crippen LogP contribution in [-0.4, -0.2) is 35.6 Å². The van der Waals surface area contributed by atoms with Crippen molar-refractivity contribution in [1.29, 1.82) is 0 Å². The van der Waals surface area contributed by atoms with Crippen LogP contribution in [0.5, 0.6) is 0 Å². The second-order valence-electron chi connectivity index (χ2n) is 4.04. The molecular weight excluding hydrogens is 281 g/mol. The van der Waals surface area contributed by atoms with Crippen molar-refractivity contribution in [1.82, 2.24) is 24.5 Å². The lowest BCUT2D eigenvalue weighted by Crippen LogP contribution is -2.21. The Balaban J connectivity index is 2.26. The van der Waals surface area contributed by atoms with Gasteiger partial charge in [-0.25, -0.2) is 0 Å². The fraction of sp³-hybridized carbons (Fsp3) is 0.444. The second-order valence-corrected chi connectivity index (χ2v) is 4.04. The van der Waals surface area contributed by atoms with E-state index in [0.717, 1.165) is 28.0 Å². The first kappa shape index (κ1) is 14.0. The molecule has 0 aliphatic rings. The quantitative estimate of drug-likeness (QED) is 0.629. The van der Waals surface area contributed by atoms with Gasteiger partial charge < -0.3 is 4.57 Å². The minimum absolute atomic E-state index is 0.0142. The first-order valence-electron chi connectivity index (χ1n) is 5.41. The summed E-state index contributed by atoms with van der Waals surface area (Å²) in [7, 11) is 0. The molecule has 0 bridgehead atoms. The topological polar surface area (TPSA) is 91.7 Å². The molecule has 2 rings (SSSR count). The summed E-state index contributed by atoms with van der Waals surface area (Å²) in [6.45, 7) is 0.288. The van der Waals surface area contributed by atoms with E-state index in [1.165, 1.54) is 6.92 Å². The maximum atomic E-state index is 12.4. The largest absolute Gasteiger partial charge is 0.406 e. The van der Waals surface area contributed by atoms with Crippen molar-refractivity contribution >= 4 is 5.69 Å². The Morgan fingerprint density at radius 2 is 2.20 bits per heavy atom. The van der Waals surface area contributed by atoms with Crippen molar-refractivity contribution < 1.29 is 18.1 Å². The molecule has 0 aliphatic carbocycles. The van der Waals surface area contributed by atoms with E-state index in [0.29, 0.717) is 0 Å². The molecule has 0 aliphatic heterocycles. The van der Waals surface area contributed by atoms with Gasteiger partial charge in [-0.15, -0.1) is 10.2 Å². The number of rotatable bonds is 4. The predicted molar refractivity (Wildman–Crippen MR) is 58.8 cm³/mol. The van der Waals surface area contributed by atoms with Crippen LogP contribution in [0.2, 0.25) is 0 Å². The van der Waals surface area contributed by atoms with Gasteiger partial charge >= 0.3 is 11.9 Å². The molecule has 0 fully saturated rings. The lowest BCUT2D eigenvalue weighted by Gasteiger charge is -2.14. The third-order valence-corrected chi connectivity index (χ3v) is 2.56. The van der Waals surface area contributed by atoms with E-state index in [1.807, 2.05) is 0 Å². The van der Waals surface area contributed by atoms with Crippen LogP contribution < -0.4 is 0 Å². The highest BCUT2D eigenvalue weighted by Gasteiger charge is 2.30. The summed E-state index contributed by atoms with van der Waals surface area (Å²) < 4.78 is 39.2. The third kappa shape index (κ3) is 2.92. The fourth-order valence-corrected chi connectivity index (χ4v) is 1.65. The van der Waals surface area contributed by atoms with Crippen molar-refractivity contribution in [3.63, 3.8) is 0 Å². The molecule has 0 spiro atoms. The summed E-state index contributed by atoms with van der Waals surface area (Å²) in [5.74, 6) is 0.0142. The van der Waals surface area contributed by atoms with E-state index in [9.17, 15) is 23.3 Å². The molecule has 8 nitrogen and oxygen atoms in total. The van der Waals surface area contributed by atoms with Crippen LogP contribution in [0.3, 0.4) is 0 Å². The summed E-state index contributed by atoms with van der Waals surface area (Å²) in [5, 5.41) is 21.3. The van der Waals surface area contributed by atoms with Crippen molar-refractivity contribution in [2.45, 2.75) is 25.7 Å². The van der Waals surface area contributed by atoms with Crippen LogP contribution in [-0.2, 0) is 6.54 Å². The Kier molecular flexibility index (Phi) is 3.42. The minimum atomic E-state index is -4.41. The van der Waals surface area contributed by atoms with Gasteiger partial charge in [-0.2, -0.15) is 18.3 Å². The van der Waals surface area contributed by atoms with Crippen LogP contribution in [0, 0.1) is 10.1 Å². The Labute approximate surface area is 110 Å². The highest BCUT2D eigenvalue weighted by atomic mass is 19.4. The van der Waals surface area contributed by atoms with E-state index in [1.54, 1.807) is 0 Å². The Morgan fingerprint density at radius 1 is 1.50 bits per heavy atom. The van der Waals surface area contributed by atoms with Gasteiger partial charge in [-0.1, -0.05) is 0 Å².